The Labute approximate surface area is 93.2 Å². The molecule has 0 radical (unpaired) electrons. The first-order chi connectivity index (χ1) is 7.06. The third kappa shape index (κ3) is 2.76. The van der Waals surface area contributed by atoms with E-state index in [1.54, 1.807) is 18.5 Å². The topological polar surface area (TPSA) is 70.1 Å². The number of ether oxygens (including phenoxy) is 1. The van der Waals surface area contributed by atoms with Gasteiger partial charge in [-0.25, -0.2) is 4.79 Å². The summed E-state index contributed by atoms with van der Waals surface area (Å²) in [5.41, 5.74) is 6.55. The van der Waals surface area contributed by atoms with Gasteiger partial charge in [0.25, 0.3) is 0 Å². The molecule has 6 heteroatoms. The highest BCUT2D eigenvalue weighted by Gasteiger charge is 2.14. The van der Waals surface area contributed by atoms with Crippen LogP contribution in [0.5, 0.6) is 0 Å². The maximum atomic E-state index is 11.4. The number of nitrogens with zero attached hydrogens (tertiary/aromatic N) is 2. The monoisotopic (exact) mass is 227 g/mol. The molecule has 0 aliphatic heterocycles. The molecule has 0 bridgehead atoms. The van der Waals surface area contributed by atoms with E-state index in [0.29, 0.717) is 29.4 Å². The molecule has 0 saturated heterocycles. The summed E-state index contributed by atoms with van der Waals surface area (Å²) in [6, 6.07) is 0. The lowest BCUT2D eigenvalue weighted by molar-refractivity contribution is 0.0525. The Balaban J connectivity index is 2.88. The molecule has 0 aliphatic rings. The van der Waals surface area contributed by atoms with Crippen LogP contribution in [0.25, 0.3) is 0 Å². The van der Waals surface area contributed by atoms with Crippen LogP contribution in [-0.4, -0.2) is 27.3 Å². The van der Waals surface area contributed by atoms with E-state index in [1.807, 2.05) is 0 Å². The first-order valence-corrected chi connectivity index (χ1v) is 4.95. The Morgan fingerprint density at radius 2 is 2.40 bits per heavy atom. The first kappa shape index (κ1) is 11.6. The third-order valence-electron chi connectivity index (χ3n) is 1.90. The SMILES string of the molecule is CCOC(=O)c1cnn(CC(N)=S)c1C. The lowest BCUT2D eigenvalue weighted by Crippen LogP contribution is -2.18. The molecule has 2 N–H and O–H groups in total. The summed E-state index contributed by atoms with van der Waals surface area (Å²) >= 11 is 4.76. The van der Waals surface area contributed by atoms with Crippen molar-refractivity contribution in [2.24, 2.45) is 5.73 Å². The van der Waals surface area contributed by atoms with E-state index in [0.717, 1.165) is 0 Å². The molecular formula is C9H13N3O2S. The maximum absolute atomic E-state index is 11.4. The second kappa shape index (κ2) is 4.88. The van der Waals surface area contributed by atoms with Crippen molar-refractivity contribution >= 4 is 23.2 Å². The normalized spacial score (nSPS) is 10.0. The van der Waals surface area contributed by atoms with Gasteiger partial charge >= 0.3 is 5.97 Å². The molecule has 5 nitrogen and oxygen atoms in total. The van der Waals surface area contributed by atoms with Crippen molar-refractivity contribution in [1.29, 1.82) is 0 Å². The number of aromatic nitrogens is 2. The van der Waals surface area contributed by atoms with Crippen LogP contribution in [0.1, 0.15) is 23.0 Å². The number of hydrogen-bond donors (Lipinski definition) is 1. The van der Waals surface area contributed by atoms with E-state index >= 15 is 0 Å². The highest BCUT2D eigenvalue weighted by Crippen LogP contribution is 2.08. The van der Waals surface area contributed by atoms with Crippen molar-refractivity contribution in [3.63, 3.8) is 0 Å². The highest BCUT2D eigenvalue weighted by molar-refractivity contribution is 7.80. The zero-order valence-corrected chi connectivity index (χ0v) is 9.50. The molecule has 0 aliphatic carbocycles. The molecule has 15 heavy (non-hydrogen) atoms. The van der Waals surface area contributed by atoms with E-state index in [1.165, 1.54) is 6.20 Å². The number of carbonyl (C=O) groups excluding carboxylic acids is 1. The van der Waals surface area contributed by atoms with Gasteiger partial charge in [-0.2, -0.15) is 5.10 Å². The number of carbonyl (C=O) groups is 1. The van der Waals surface area contributed by atoms with E-state index in [-0.39, 0.29) is 5.97 Å². The Morgan fingerprint density at radius 3 is 2.93 bits per heavy atom. The van der Waals surface area contributed by atoms with Crippen LogP contribution < -0.4 is 5.73 Å². The lowest BCUT2D eigenvalue weighted by atomic mass is 10.2. The van der Waals surface area contributed by atoms with Crippen molar-refractivity contribution in [2.45, 2.75) is 20.4 Å². The number of nitrogens with two attached hydrogens (primary N) is 1. The molecule has 1 aromatic heterocycles. The summed E-state index contributed by atoms with van der Waals surface area (Å²) in [5.74, 6) is -0.371. The number of rotatable bonds is 4. The van der Waals surface area contributed by atoms with Crippen molar-refractivity contribution in [3.05, 3.63) is 17.5 Å². The second-order valence-corrected chi connectivity index (χ2v) is 3.51. The fourth-order valence-electron chi connectivity index (χ4n) is 1.16. The van der Waals surface area contributed by atoms with Gasteiger partial charge < -0.3 is 10.5 Å². The summed E-state index contributed by atoms with van der Waals surface area (Å²) in [7, 11) is 0. The fraction of sp³-hybridized carbons (Fsp3) is 0.444. The second-order valence-electron chi connectivity index (χ2n) is 2.99. The van der Waals surface area contributed by atoms with Gasteiger partial charge in [0.15, 0.2) is 0 Å². The molecule has 0 fully saturated rings. The Kier molecular flexibility index (Phi) is 3.79. The van der Waals surface area contributed by atoms with Gasteiger partial charge in [0.1, 0.15) is 5.56 Å². The van der Waals surface area contributed by atoms with Gasteiger partial charge in [0.2, 0.25) is 0 Å². The van der Waals surface area contributed by atoms with Gasteiger partial charge in [-0.3, -0.25) is 4.68 Å². The molecule has 0 atom stereocenters. The minimum Gasteiger partial charge on any atom is -0.462 e. The van der Waals surface area contributed by atoms with Crippen LogP contribution >= 0.6 is 12.2 Å². The van der Waals surface area contributed by atoms with Crippen LogP contribution in [0.15, 0.2) is 6.20 Å². The Bertz CT molecular complexity index is 387. The maximum Gasteiger partial charge on any atom is 0.341 e. The molecule has 0 saturated carbocycles. The van der Waals surface area contributed by atoms with E-state index in [2.05, 4.69) is 5.10 Å². The molecule has 0 spiro atoms. The predicted molar refractivity (Wildman–Crippen MR) is 59.7 cm³/mol. The predicted octanol–water partition coefficient (Wildman–Crippen LogP) is 0.654. The number of thiocarbonyl (C=S) groups is 1. The van der Waals surface area contributed by atoms with Gasteiger partial charge in [-0.05, 0) is 13.8 Å². The number of hydrogen-bond acceptors (Lipinski definition) is 4. The van der Waals surface area contributed by atoms with Crippen molar-refractivity contribution < 1.29 is 9.53 Å². The lowest BCUT2D eigenvalue weighted by Gasteiger charge is -2.03. The van der Waals surface area contributed by atoms with Crippen molar-refractivity contribution in [3.8, 4) is 0 Å². The standard InChI is InChI=1S/C9H13N3O2S/c1-3-14-9(13)7-4-11-12(6(7)2)5-8(10)15/h4H,3,5H2,1-2H3,(H2,10,15). The van der Waals surface area contributed by atoms with Gasteiger partial charge in [-0.1, -0.05) is 12.2 Å². The smallest absolute Gasteiger partial charge is 0.341 e. The summed E-state index contributed by atoms with van der Waals surface area (Å²) < 4.78 is 6.45. The summed E-state index contributed by atoms with van der Waals surface area (Å²) in [6.07, 6.45) is 1.46. The minimum absolute atomic E-state index is 0.330. The molecule has 0 aromatic carbocycles. The average Bonchev–Trinajstić information content (AvgIpc) is 2.48. The summed E-state index contributed by atoms with van der Waals surface area (Å²) in [6.45, 7) is 4.21. The van der Waals surface area contributed by atoms with Crippen LogP contribution in [0.3, 0.4) is 0 Å². The molecule has 0 unspecified atom stereocenters. The molecule has 1 rings (SSSR count). The van der Waals surface area contributed by atoms with Gasteiger partial charge in [-0.15, -0.1) is 0 Å². The molecule has 0 amide bonds. The fourth-order valence-corrected chi connectivity index (χ4v) is 1.29. The highest BCUT2D eigenvalue weighted by atomic mass is 32.1. The van der Waals surface area contributed by atoms with Crippen LogP contribution in [0.4, 0.5) is 0 Å². The van der Waals surface area contributed by atoms with E-state index in [9.17, 15) is 4.79 Å². The minimum atomic E-state index is -0.371. The summed E-state index contributed by atoms with van der Waals surface area (Å²) in [5, 5.41) is 4.01. The summed E-state index contributed by atoms with van der Waals surface area (Å²) in [4.78, 5) is 11.8. The third-order valence-corrected chi connectivity index (χ3v) is 2.03. The zero-order valence-electron chi connectivity index (χ0n) is 8.69. The van der Waals surface area contributed by atoms with Crippen molar-refractivity contribution in [1.82, 2.24) is 9.78 Å². The van der Waals surface area contributed by atoms with Gasteiger partial charge in [0, 0.05) is 0 Å². The average molecular weight is 227 g/mol. The van der Waals surface area contributed by atoms with Crippen LogP contribution in [-0.2, 0) is 11.3 Å². The molecule has 82 valence electrons. The molecular weight excluding hydrogens is 214 g/mol. The van der Waals surface area contributed by atoms with Crippen LogP contribution in [0.2, 0.25) is 0 Å². The Morgan fingerprint density at radius 1 is 1.73 bits per heavy atom. The molecule has 1 aromatic rings. The quantitative estimate of drug-likeness (QED) is 0.604. The van der Waals surface area contributed by atoms with E-state index < -0.39 is 0 Å². The zero-order chi connectivity index (χ0) is 11.4. The Hall–Kier alpha value is -1.43. The van der Waals surface area contributed by atoms with Gasteiger partial charge in [0.05, 0.1) is 30.0 Å². The number of esters is 1. The van der Waals surface area contributed by atoms with Crippen LogP contribution in [0, 0.1) is 6.92 Å². The molecule has 1 heterocycles. The largest absolute Gasteiger partial charge is 0.462 e. The first-order valence-electron chi connectivity index (χ1n) is 4.54. The van der Waals surface area contributed by atoms with Crippen molar-refractivity contribution in [2.75, 3.05) is 6.61 Å². The van der Waals surface area contributed by atoms with E-state index in [4.69, 9.17) is 22.7 Å².